The topological polar surface area (TPSA) is 56.0 Å². The fraction of sp³-hybridized carbons (Fsp3) is 0.286. The van der Waals surface area contributed by atoms with E-state index in [9.17, 15) is 9.59 Å². The molecule has 1 N–H and O–H groups in total. The van der Waals surface area contributed by atoms with Gasteiger partial charge < -0.3 is 9.88 Å². The van der Waals surface area contributed by atoms with E-state index in [1.54, 1.807) is 13.2 Å². The Bertz CT molecular complexity index is 762. The van der Waals surface area contributed by atoms with Crippen molar-refractivity contribution in [2.75, 3.05) is 5.32 Å². The van der Waals surface area contributed by atoms with Crippen LogP contribution >= 0.6 is 11.6 Å². The fourth-order valence-electron chi connectivity index (χ4n) is 1.99. The van der Waals surface area contributed by atoms with Crippen molar-refractivity contribution in [2.45, 2.75) is 13.5 Å². The Labute approximate surface area is 121 Å². The van der Waals surface area contributed by atoms with Crippen LogP contribution in [0.25, 0.3) is 0 Å². The van der Waals surface area contributed by atoms with Crippen molar-refractivity contribution in [3.8, 4) is 0 Å². The SMILES string of the molecule is Cc1c(Cl)cccc1NCc1cn(C)c(=O)n(C)c1=O. The average molecular weight is 294 g/mol. The smallest absolute Gasteiger partial charge is 0.330 e. The molecule has 0 aliphatic carbocycles. The molecule has 0 radical (unpaired) electrons. The second-order valence-electron chi connectivity index (χ2n) is 4.68. The lowest BCUT2D eigenvalue weighted by atomic mass is 10.2. The Kier molecular flexibility index (Phi) is 3.99. The number of anilines is 1. The van der Waals surface area contributed by atoms with Crippen molar-refractivity contribution in [2.24, 2.45) is 14.1 Å². The van der Waals surface area contributed by atoms with E-state index >= 15 is 0 Å². The van der Waals surface area contributed by atoms with Gasteiger partial charge in [0, 0.05) is 37.5 Å². The maximum atomic E-state index is 12.0. The normalized spacial score (nSPS) is 10.6. The third-order valence-corrected chi connectivity index (χ3v) is 3.66. The lowest BCUT2D eigenvalue weighted by molar-refractivity contribution is 0.671. The molecule has 5 nitrogen and oxygen atoms in total. The van der Waals surface area contributed by atoms with Crippen LogP contribution in [-0.2, 0) is 20.6 Å². The molecular weight excluding hydrogens is 278 g/mol. The number of hydrogen-bond acceptors (Lipinski definition) is 3. The van der Waals surface area contributed by atoms with Gasteiger partial charge in [-0.05, 0) is 24.6 Å². The third-order valence-electron chi connectivity index (χ3n) is 3.25. The number of benzene rings is 1. The van der Waals surface area contributed by atoms with Gasteiger partial charge in [0.2, 0.25) is 0 Å². The van der Waals surface area contributed by atoms with Gasteiger partial charge in [-0.25, -0.2) is 4.79 Å². The van der Waals surface area contributed by atoms with Gasteiger partial charge in [-0.1, -0.05) is 17.7 Å². The Balaban J connectivity index is 2.31. The van der Waals surface area contributed by atoms with Gasteiger partial charge in [0.05, 0.1) is 5.56 Å². The Morgan fingerprint density at radius 1 is 1.25 bits per heavy atom. The molecule has 0 atom stereocenters. The first-order valence-electron chi connectivity index (χ1n) is 6.16. The molecule has 0 spiro atoms. The summed E-state index contributed by atoms with van der Waals surface area (Å²) in [5.74, 6) is 0. The maximum absolute atomic E-state index is 12.0. The van der Waals surface area contributed by atoms with Crippen molar-refractivity contribution >= 4 is 17.3 Å². The summed E-state index contributed by atoms with van der Waals surface area (Å²) in [5, 5.41) is 3.84. The van der Waals surface area contributed by atoms with E-state index in [1.807, 2.05) is 25.1 Å². The van der Waals surface area contributed by atoms with Crippen LogP contribution in [0.5, 0.6) is 0 Å². The van der Waals surface area contributed by atoms with Crippen LogP contribution in [-0.4, -0.2) is 9.13 Å². The molecule has 0 saturated heterocycles. The molecule has 0 amide bonds. The Morgan fingerprint density at radius 2 is 1.95 bits per heavy atom. The lowest BCUT2D eigenvalue weighted by Gasteiger charge is -2.11. The molecule has 0 saturated carbocycles. The molecule has 20 heavy (non-hydrogen) atoms. The lowest BCUT2D eigenvalue weighted by Crippen LogP contribution is -2.38. The van der Waals surface area contributed by atoms with E-state index in [0.717, 1.165) is 15.8 Å². The van der Waals surface area contributed by atoms with E-state index in [1.165, 1.54) is 11.6 Å². The first-order valence-corrected chi connectivity index (χ1v) is 6.54. The zero-order valence-corrected chi connectivity index (χ0v) is 12.4. The van der Waals surface area contributed by atoms with Crippen molar-refractivity contribution in [3.05, 3.63) is 61.4 Å². The highest BCUT2D eigenvalue weighted by Crippen LogP contribution is 2.23. The minimum Gasteiger partial charge on any atom is -0.380 e. The summed E-state index contributed by atoms with van der Waals surface area (Å²) in [6.07, 6.45) is 1.55. The highest BCUT2D eigenvalue weighted by atomic mass is 35.5. The average Bonchev–Trinajstić information content (AvgIpc) is 2.43. The summed E-state index contributed by atoms with van der Waals surface area (Å²) in [4.78, 5) is 23.6. The van der Waals surface area contributed by atoms with Gasteiger partial charge in [0.1, 0.15) is 0 Å². The summed E-state index contributed by atoms with van der Waals surface area (Å²) < 4.78 is 2.49. The van der Waals surface area contributed by atoms with E-state index in [4.69, 9.17) is 11.6 Å². The number of aryl methyl sites for hydroxylation is 1. The van der Waals surface area contributed by atoms with Crippen LogP contribution in [0, 0.1) is 6.92 Å². The minimum atomic E-state index is -0.335. The van der Waals surface area contributed by atoms with Crippen molar-refractivity contribution in [3.63, 3.8) is 0 Å². The summed E-state index contributed by atoms with van der Waals surface area (Å²) in [5.41, 5.74) is 1.69. The first kappa shape index (κ1) is 14.4. The van der Waals surface area contributed by atoms with E-state index in [2.05, 4.69) is 5.32 Å². The van der Waals surface area contributed by atoms with Crippen LogP contribution < -0.4 is 16.6 Å². The molecule has 0 aliphatic heterocycles. The van der Waals surface area contributed by atoms with Gasteiger partial charge in [-0.2, -0.15) is 0 Å². The summed E-state index contributed by atoms with van der Waals surface area (Å²) in [7, 11) is 3.09. The molecule has 1 aromatic carbocycles. The van der Waals surface area contributed by atoms with Crippen LogP contribution in [0.15, 0.2) is 34.0 Å². The predicted molar refractivity (Wildman–Crippen MR) is 80.4 cm³/mol. The zero-order valence-electron chi connectivity index (χ0n) is 11.6. The largest absolute Gasteiger partial charge is 0.380 e. The second-order valence-corrected chi connectivity index (χ2v) is 5.09. The standard InChI is InChI=1S/C14H16ClN3O2/c1-9-11(15)5-4-6-12(9)16-7-10-8-17(2)14(20)18(3)13(10)19/h4-6,8,16H,7H2,1-3H3. The van der Waals surface area contributed by atoms with Gasteiger partial charge in [0.25, 0.3) is 5.56 Å². The molecule has 0 unspecified atom stereocenters. The molecule has 2 aromatic rings. The zero-order chi connectivity index (χ0) is 14.9. The molecule has 6 heteroatoms. The molecule has 1 heterocycles. The second kappa shape index (κ2) is 5.54. The van der Waals surface area contributed by atoms with E-state index in [0.29, 0.717) is 17.1 Å². The minimum absolute atomic E-state index is 0.291. The number of aromatic nitrogens is 2. The number of halogens is 1. The highest BCUT2D eigenvalue weighted by molar-refractivity contribution is 6.31. The van der Waals surface area contributed by atoms with Crippen molar-refractivity contribution in [1.82, 2.24) is 9.13 Å². The maximum Gasteiger partial charge on any atom is 0.330 e. The van der Waals surface area contributed by atoms with Crippen molar-refractivity contribution < 1.29 is 0 Å². The van der Waals surface area contributed by atoms with Crippen LogP contribution in [0.2, 0.25) is 5.02 Å². The van der Waals surface area contributed by atoms with Gasteiger partial charge in [-0.3, -0.25) is 9.36 Å². The molecule has 0 aliphatic rings. The third kappa shape index (κ3) is 2.63. The number of nitrogens with one attached hydrogen (secondary N) is 1. The molecule has 1 aromatic heterocycles. The summed E-state index contributed by atoms with van der Waals surface area (Å²) in [6, 6.07) is 5.55. The quantitative estimate of drug-likeness (QED) is 0.936. The molecule has 0 bridgehead atoms. The predicted octanol–water partition coefficient (Wildman–Crippen LogP) is 1.66. The fourth-order valence-corrected chi connectivity index (χ4v) is 2.17. The van der Waals surface area contributed by atoms with Gasteiger partial charge in [-0.15, -0.1) is 0 Å². The van der Waals surface area contributed by atoms with Crippen LogP contribution in [0.3, 0.4) is 0 Å². The van der Waals surface area contributed by atoms with E-state index in [-0.39, 0.29) is 11.2 Å². The summed E-state index contributed by atoms with van der Waals surface area (Å²) >= 11 is 6.05. The number of hydrogen-bond donors (Lipinski definition) is 1. The van der Waals surface area contributed by atoms with Crippen LogP contribution in [0.1, 0.15) is 11.1 Å². The summed E-state index contributed by atoms with van der Waals surface area (Å²) in [6.45, 7) is 2.24. The van der Waals surface area contributed by atoms with Crippen molar-refractivity contribution in [1.29, 1.82) is 0 Å². The monoisotopic (exact) mass is 293 g/mol. The highest BCUT2D eigenvalue weighted by Gasteiger charge is 2.07. The van der Waals surface area contributed by atoms with Crippen LogP contribution in [0.4, 0.5) is 5.69 Å². The number of nitrogens with zero attached hydrogens (tertiary/aromatic N) is 2. The Hall–Kier alpha value is -2.01. The molecular formula is C14H16ClN3O2. The first-order chi connectivity index (χ1) is 9.41. The molecule has 2 rings (SSSR count). The van der Waals surface area contributed by atoms with E-state index < -0.39 is 0 Å². The number of rotatable bonds is 3. The molecule has 106 valence electrons. The van der Waals surface area contributed by atoms with Gasteiger partial charge in [0.15, 0.2) is 0 Å². The molecule has 0 fully saturated rings. The Morgan fingerprint density at radius 3 is 2.65 bits per heavy atom. The van der Waals surface area contributed by atoms with Gasteiger partial charge >= 0.3 is 5.69 Å².